The summed E-state index contributed by atoms with van der Waals surface area (Å²) in [5, 5.41) is 13.3. The maximum atomic E-state index is 8.94. The highest BCUT2D eigenvalue weighted by Crippen LogP contribution is 2.37. The topological polar surface area (TPSA) is 32.3 Å². The largest absolute Gasteiger partial charge is 0.396 e. The van der Waals surface area contributed by atoms with Gasteiger partial charge in [0.2, 0.25) is 0 Å². The first kappa shape index (κ1) is 13.2. The highest BCUT2D eigenvalue weighted by Gasteiger charge is 2.21. The average molecular weight is 272 g/mol. The molecule has 2 atom stereocenters. The van der Waals surface area contributed by atoms with Gasteiger partial charge in [-0.1, -0.05) is 11.6 Å². The molecule has 1 heterocycles. The average Bonchev–Trinajstić information content (AvgIpc) is 2.30. The summed E-state index contributed by atoms with van der Waals surface area (Å²) < 4.78 is 0. The van der Waals surface area contributed by atoms with Crippen molar-refractivity contribution in [1.82, 2.24) is 5.32 Å². The van der Waals surface area contributed by atoms with Crippen molar-refractivity contribution in [3.05, 3.63) is 28.8 Å². The summed E-state index contributed by atoms with van der Waals surface area (Å²) in [6.45, 7) is 2.35. The van der Waals surface area contributed by atoms with Crippen molar-refractivity contribution in [3.8, 4) is 0 Å². The molecule has 0 fully saturated rings. The van der Waals surface area contributed by atoms with E-state index in [1.165, 1.54) is 10.5 Å². The molecule has 4 heteroatoms. The van der Waals surface area contributed by atoms with Crippen LogP contribution in [-0.4, -0.2) is 23.5 Å². The summed E-state index contributed by atoms with van der Waals surface area (Å²) >= 11 is 7.96. The summed E-state index contributed by atoms with van der Waals surface area (Å²) in [4.78, 5) is 1.33. The molecule has 94 valence electrons. The van der Waals surface area contributed by atoms with Crippen LogP contribution in [0.25, 0.3) is 0 Å². The quantitative estimate of drug-likeness (QED) is 0.882. The van der Waals surface area contributed by atoms with E-state index in [9.17, 15) is 0 Å². The number of nitrogens with one attached hydrogen (secondary N) is 1. The van der Waals surface area contributed by atoms with Gasteiger partial charge in [0, 0.05) is 28.6 Å². The Bertz CT molecular complexity index is 386. The lowest BCUT2D eigenvalue weighted by Crippen LogP contribution is -2.33. The van der Waals surface area contributed by atoms with Crippen LogP contribution in [0.4, 0.5) is 0 Å². The lowest BCUT2D eigenvalue weighted by Gasteiger charge is -2.29. The maximum absolute atomic E-state index is 8.94. The van der Waals surface area contributed by atoms with Crippen LogP contribution >= 0.6 is 23.4 Å². The third-order valence-corrected chi connectivity index (χ3v) is 4.42. The summed E-state index contributed by atoms with van der Waals surface area (Å²) in [6, 6.07) is 6.82. The fourth-order valence-corrected chi connectivity index (χ4v) is 3.44. The monoisotopic (exact) mass is 271 g/mol. The van der Waals surface area contributed by atoms with Gasteiger partial charge in [-0.05, 0) is 49.3 Å². The molecule has 0 amide bonds. The minimum atomic E-state index is 0.234. The predicted octanol–water partition coefficient (Wildman–Crippen LogP) is 3.24. The van der Waals surface area contributed by atoms with Gasteiger partial charge >= 0.3 is 0 Å². The second-order valence-corrected chi connectivity index (χ2v) is 6.03. The van der Waals surface area contributed by atoms with E-state index in [4.69, 9.17) is 16.7 Å². The number of aliphatic hydroxyl groups is 1. The Labute approximate surface area is 112 Å². The van der Waals surface area contributed by atoms with E-state index in [0.717, 1.165) is 23.6 Å². The van der Waals surface area contributed by atoms with Crippen molar-refractivity contribution >= 4 is 23.4 Å². The van der Waals surface area contributed by atoms with E-state index in [1.807, 2.05) is 17.8 Å². The Morgan fingerprint density at radius 3 is 3.18 bits per heavy atom. The molecule has 0 aliphatic carbocycles. The number of fused-ring (bicyclic) bond motifs is 1. The molecule has 2 rings (SSSR count). The Morgan fingerprint density at radius 2 is 2.41 bits per heavy atom. The molecule has 1 aliphatic heterocycles. The Balaban J connectivity index is 2.13. The van der Waals surface area contributed by atoms with Crippen molar-refractivity contribution in [3.63, 3.8) is 0 Å². The van der Waals surface area contributed by atoms with Crippen molar-refractivity contribution in [2.24, 2.45) is 0 Å². The molecule has 1 aromatic carbocycles. The zero-order chi connectivity index (χ0) is 12.3. The first-order valence-electron chi connectivity index (χ1n) is 6.00. The highest BCUT2D eigenvalue weighted by molar-refractivity contribution is 7.99. The van der Waals surface area contributed by atoms with Crippen LogP contribution in [0.5, 0.6) is 0 Å². The highest BCUT2D eigenvalue weighted by atomic mass is 35.5. The zero-order valence-electron chi connectivity index (χ0n) is 9.95. The van der Waals surface area contributed by atoms with Gasteiger partial charge in [0.25, 0.3) is 0 Å². The number of hydrogen-bond acceptors (Lipinski definition) is 3. The Morgan fingerprint density at radius 1 is 1.59 bits per heavy atom. The van der Waals surface area contributed by atoms with Crippen LogP contribution in [-0.2, 0) is 0 Å². The normalized spacial score (nSPS) is 21.0. The number of hydrogen-bond donors (Lipinski definition) is 2. The van der Waals surface area contributed by atoms with Crippen LogP contribution < -0.4 is 5.32 Å². The molecule has 0 aromatic heterocycles. The molecule has 0 saturated heterocycles. The van der Waals surface area contributed by atoms with E-state index >= 15 is 0 Å². The molecule has 1 aliphatic rings. The zero-order valence-corrected chi connectivity index (χ0v) is 11.5. The summed E-state index contributed by atoms with van der Waals surface area (Å²) in [6.07, 6.45) is 1.91. The molecule has 17 heavy (non-hydrogen) atoms. The van der Waals surface area contributed by atoms with Crippen molar-refractivity contribution in [2.45, 2.75) is 36.7 Å². The maximum Gasteiger partial charge on any atom is 0.0445 e. The van der Waals surface area contributed by atoms with Gasteiger partial charge in [0.1, 0.15) is 0 Å². The van der Waals surface area contributed by atoms with E-state index < -0.39 is 0 Å². The third-order valence-electron chi connectivity index (χ3n) is 3.06. The van der Waals surface area contributed by atoms with Gasteiger partial charge in [0.05, 0.1) is 0 Å². The van der Waals surface area contributed by atoms with Gasteiger partial charge < -0.3 is 10.4 Å². The van der Waals surface area contributed by atoms with Crippen LogP contribution in [0, 0.1) is 0 Å². The molecule has 0 saturated carbocycles. The van der Waals surface area contributed by atoms with E-state index in [-0.39, 0.29) is 6.61 Å². The molecule has 0 radical (unpaired) electrons. The number of aliphatic hydroxyl groups excluding tert-OH is 1. The minimum Gasteiger partial charge on any atom is -0.396 e. The summed E-state index contributed by atoms with van der Waals surface area (Å²) in [5.74, 6) is 1.14. The van der Waals surface area contributed by atoms with Crippen LogP contribution in [0.15, 0.2) is 23.1 Å². The number of rotatable bonds is 4. The van der Waals surface area contributed by atoms with Gasteiger partial charge in [-0.2, -0.15) is 0 Å². The molecular formula is C13H18ClNOS. The first-order valence-corrected chi connectivity index (χ1v) is 7.36. The van der Waals surface area contributed by atoms with Crippen molar-refractivity contribution < 1.29 is 5.11 Å². The second kappa shape index (κ2) is 6.10. The van der Waals surface area contributed by atoms with Crippen LogP contribution in [0.3, 0.4) is 0 Å². The SMILES string of the molecule is CC(CCO)NC1CCSc2ccc(Cl)cc21. The third kappa shape index (κ3) is 3.38. The van der Waals surface area contributed by atoms with E-state index in [2.05, 4.69) is 24.4 Å². The van der Waals surface area contributed by atoms with Crippen LogP contribution in [0.2, 0.25) is 5.02 Å². The predicted molar refractivity (Wildman–Crippen MR) is 73.8 cm³/mol. The molecule has 2 N–H and O–H groups in total. The summed E-state index contributed by atoms with van der Waals surface area (Å²) in [7, 11) is 0. The smallest absolute Gasteiger partial charge is 0.0445 e. The molecule has 0 bridgehead atoms. The Kier molecular flexibility index (Phi) is 4.74. The molecule has 2 unspecified atom stereocenters. The second-order valence-electron chi connectivity index (χ2n) is 4.45. The van der Waals surface area contributed by atoms with Crippen LogP contribution in [0.1, 0.15) is 31.4 Å². The molecule has 2 nitrogen and oxygen atoms in total. The van der Waals surface area contributed by atoms with Crippen molar-refractivity contribution in [1.29, 1.82) is 0 Å². The van der Waals surface area contributed by atoms with E-state index in [0.29, 0.717) is 12.1 Å². The lowest BCUT2D eigenvalue weighted by molar-refractivity contribution is 0.262. The lowest BCUT2D eigenvalue weighted by atomic mass is 10.0. The van der Waals surface area contributed by atoms with Gasteiger partial charge in [0.15, 0.2) is 0 Å². The van der Waals surface area contributed by atoms with Gasteiger partial charge in [-0.3, -0.25) is 0 Å². The number of benzene rings is 1. The fourth-order valence-electron chi connectivity index (χ4n) is 2.16. The summed E-state index contributed by atoms with van der Waals surface area (Å²) in [5.41, 5.74) is 1.30. The number of thioether (sulfide) groups is 1. The number of halogens is 1. The fraction of sp³-hybridized carbons (Fsp3) is 0.538. The first-order chi connectivity index (χ1) is 8.20. The van der Waals surface area contributed by atoms with Gasteiger partial charge in [-0.25, -0.2) is 0 Å². The standard InChI is InChI=1S/C13H18ClNOS/c1-9(4-6-16)15-12-5-7-17-13-3-2-10(14)8-11(12)13/h2-3,8-9,12,15-16H,4-7H2,1H3. The minimum absolute atomic E-state index is 0.234. The molecule has 1 aromatic rings. The molecule has 0 spiro atoms. The van der Waals surface area contributed by atoms with Crippen molar-refractivity contribution in [2.75, 3.05) is 12.4 Å². The Hall–Kier alpha value is -0.220. The van der Waals surface area contributed by atoms with Gasteiger partial charge in [-0.15, -0.1) is 11.8 Å². The molecular weight excluding hydrogens is 254 g/mol. The van der Waals surface area contributed by atoms with E-state index in [1.54, 1.807) is 0 Å².